The fourth-order valence-corrected chi connectivity index (χ4v) is 5.36. The predicted molar refractivity (Wildman–Crippen MR) is 115 cm³/mol. The molecule has 2 aliphatic carbocycles. The number of H-pyrrole nitrogens is 1. The molecule has 190 valence electrons. The maximum Gasteiger partial charge on any atom is 0.329 e. The second-order valence-corrected chi connectivity index (χ2v) is 9.55. The van der Waals surface area contributed by atoms with Crippen molar-refractivity contribution < 1.29 is 26.7 Å². The molecule has 0 spiro atoms. The zero-order valence-corrected chi connectivity index (χ0v) is 19.0. The summed E-state index contributed by atoms with van der Waals surface area (Å²) in [5.74, 6) is -0.620. The van der Waals surface area contributed by atoms with Gasteiger partial charge in [-0.1, -0.05) is 0 Å². The minimum Gasteiger partial charge on any atom is -0.497 e. The number of likely N-dealkylation sites (tertiary alicyclic amines) is 1. The standard InChI is InChI=1S/C22H29F5N4O3/c1-10-13-15(31(12-3-4-12)21(33)29-19(13)32)17(34-2)16(14(10)25)30-6-5-11(7-30)18(28)22(8-23,9-24)20(26)27/h11-12,14,16,18,20H,3-9,28H2,1-2H3,(H,29,32,33). The van der Waals surface area contributed by atoms with E-state index < -0.39 is 60.6 Å². The van der Waals surface area contributed by atoms with Crippen molar-refractivity contribution in [2.24, 2.45) is 17.1 Å². The molecule has 0 aromatic carbocycles. The van der Waals surface area contributed by atoms with Gasteiger partial charge in [-0.25, -0.2) is 18.0 Å². The number of nitrogens with zero attached hydrogens (tertiary/aromatic N) is 2. The average Bonchev–Trinajstić information content (AvgIpc) is 3.51. The molecular weight excluding hydrogens is 463 g/mol. The number of halogens is 5. The first-order chi connectivity index (χ1) is 16.1. The SMILES string of the molecule is COC1=c2c(c(=O)[nH]c(=O)n2C2CC2)=C(C)C(F)C1N1CCC(C(N)C(CF)(CF)C(F)F)C1. The molecular formula is C22H29F5N4O3. The highest BCUT2D eigenvalue weighted by atomic mass is 19.3. The lowest BCUT2D eigenvalue weighted by atomic mass is 9.76. The van der Waals surface area contributed by atoms with Gasteiger partial charge < -0.3 is 10.5 Å². The number of alkyl halides is 5. The average molecular weight is 492 g/mol. The highest BCUT2D eigenvalue weighted by Gasteiger charge is 2.51. The Morgan fingerprint density at radius 2 is 1.85 bits per heavy atom. The molecule has 1 aromatic rings. The normalized spacial score (nSPS) is 26.8. The van der Waals surface area contributed by atoms with Gasteiger partial charge >= 0.3 is 5.69 Å². The molecule has 1 saturated carbocycles. The maximum absolute atomic E-state index is 15.8. The van der Waals surface area contributed by atoms with Crippen LogP contribution < -0.4 is 27.6 Å². The third-order valence-corrected chi connectivity index (χ3v) is 7.62. The second kappa shape index (κ2) is 9.10. The molecule has 2 heterocycles. The maximum atomic E-state index is 15.8. The van der Waals surface area contributed by atoms with E-state index in [0.29, 0.717) is 0 Å². The van der Waals surface area contributed by atoms with Crippen LogP contribution in [0.1, 0.15) is 32.2 Å². The minimum absolute atomic E-state index is 0.00699. The number of aromatic amines is 1. The summed E-state index contributed by atoms with van der Waals surface area (Å²) in [5, 5.41) is 0.267. The molecule has 4 unspecified atom stereocenters. The minimum atomic E-state index is -3.29. The number of fused-ring (bicyclic) bond motifs is 1. The number of methoxy groups -OCH3 is 1. The lowest BCUT2D eigenvalue weighted by Gasteiger charge is -2.38. The van der Waals surface area contributed by atoms with Crippen LogP contribution in [0.15, 0.2) is 9.59 Å². The largest absolute Gasteiger partial charge is 0.497 e. The van der Waals surface area contributed by atoms with E-state index in [1.165, 1.54) is 18.6 Å². The molecule has 2 fully saturated rings. The van der Waals surface area contributed by atoms with Gasteiger partial charge in [0.15, 0.2) is 0 Å². The number of nitrogens with one attached hydrogen (secondary N) is 1. The van der Waals surface area contributed by atoms with Crippen molar-refractivity contribution in [1.82, 2.24) is 14.5 Å². The van der Waals surface area contributed by atoms with Crippen molar-refractivity contribution in [3.63, 3.8) is 0 Å². The fourth-order valence-electron chi connectivity index (χ4n) is 5.36. The van der Waals surface area contributed by atoms with Crippen LogP contribution in [0.2, 0.25) is 0 Å². The van der Waals surface area contributed by atoms with E-state index in [1.54, 1.807) is 4.90 Å². The molecule has 3 aliphatic rings. The van der Waals surface area contributed by atoms with Crippen molar-refractivity contribution in [3.8, 4) is 0 Å². The molecule has 0 radical (unpaired) electrons. The molecule has 3 N–H and O–H groups in total. The zero-order chi connectivity index (χ0) is 24.9. The van der Waals surface area contributed by atoms with Crippen LogP contribution in [-0.4, -0.2) is 72.7 Å². The summed E-state index contributed by atoms with van der Waals surface area (Å²) in [6.07, 6.45) is -3.31. The Morgan fingerprint density at radius 1 is 1.21 bits per heavy atom. The number of nitrogens with two attached hydrogens (primary N) is 1. The van der Waals surface area contributed by atoms with Gasteiger partial charge in [-0.05, 0) is 44.2 Å². The van der Waals surface area contributed by atoms with E-state index in [2.05, 4.69) is 4.98 Å². The topological polar surface area (TPSA) is 93.3 Å². The molecule has 0 bridgehead atoms. The van der Waals surface area contributed by atoms with Crippen LogP contribution in [0, 0.1) is 11.3 Å². The van der Waals surface area contributed by atoms with Crippen LogP contribution in [0.4, 0.5) is 22.0 Å². The third-order valence-electron chi connectivity index (χ3n) is 7.62. The summed E-state index contributed by atoms with van der Waals surface area (Å²) < 4.78 is 77.0. The van der Waals surface area contributed by atoms with E-state index in [0.717, 1.165) is 12.8 Å². The molecule has 1 aliphatic heterocycles. The summed E-state index contributed by atoms with van der Waals surface area (Å²) in [7, 11) is 1.32. The van der Waals surface area contributed by atoms with Gasteiger partial charge in [-0.15, -0.1) is 0 Å². The van der Waals surface area contributed by atoms with Crippen LogP contribution >= 0.6 is 0 Å². The van der Waals surface area contributed by atoms with E-state index in [1.807, 2.05) is 0 Å². The van der Waals surface area contributed by atoms with Crippen LogP contribution in [0.5, 0.6) is 0 Å². The summed E-state index contributed by atoms with van der Waals surface area (Å²) in [6.45, 7) is -1.53. The first-order valence-electron chi connectivity index (χ1n) is 11.3. The molecule has 0 amide bonds. The van der Waals surface area contributed by atoms with Crippen molar-refractivity contribution in [2.75, 3.05) is 33.5 Å². The molecule has 7 nitrogen and oxygen atoms in total. The lowest BCUT2D eigenvalue weighted by Crippen LogP contribution is -2.62. The number of hydrogen-bond acceptors (Lipinski definition) is 5. The predicted octanol–water partition coefficient (Wildman–Crippen LogP) is 0.357. The quantitative estimate of drug-likeness (QED) is 0.512. The third kappa shape index (κ3) is 3.69. The van der Waals surface area contributed by atoms with E-state index in [9.17, 15) is 27.2 Å². The number of rotatable bonds is 8. The highest BCUT2D eigenvalue weighted by Crippen LogP contribution is 2.39. The monoisotopic (exact) mass is 492 g/mol. The Morgan fingerprint density at radius 3 is 2.38 bits per heavy atom. The lowest BCUT2D eigenvalue weighted by molar-refractivity contribution is -0.0650. The van der Waals surface area contributed by atoms with Crippen molar-refractivity contribution in [3.05, 3.63) is 31.4 Å². The Balaban J connectivity index is 1.78. The molecule has 4 rings (SSSR count). The molecule has 34 heavy (non-hydrogen) atoms. The van der Waals surface area contributed by atoms with Gasteiger partial charge in [0.25, 0.3) is 12.0 Å². The van der Waals surface area contributed by atoms with Gasteiger partial charge in [0.2, 0.25) is 0 Å². The van der Waals surface area contributed by atoms with E-state index in [-0.39, 0.29) is 47.5 Å². The Bertz CT molecular complexity index is 1170. The van der Waals surface area contributed by atoms with Crippen LogP contribution in [0.3, 0.4) is 0 Å². The number of hydrogen-bond donors (Lipinski definition) is 2. The van der Waals surface area contributed by atoms with Gasteiger partial charge in [-0.3, -0.25) is 28.0 Å². The van der Waals surface area contributed by atoms with Gasteiger partial charge in [0.05, 0.1) is 17.7 Å². The Kier molecular flexibility index (Phi) is 6.67. The Hall–Kier alpha value is -2.21. The Labute approximate surface area is 192 Å². The summed E-state index contributed by atoms with van der Waals surface area (Å²) in [6, 6.07) is -2.67. The molecule has 1 saturated heterocycles. The van der Waals surface area contributed by atoms with Gasteiger partial charge in [0.1, 0.15) is 36.7 Å². The first kappa shape index (κ1) is 24.9. The van der Waals surface area contributed by atoms with Crippen LogP contribution in [-0.2, 0) is 4.74 Å². The van der Waals surface area contributed by atoms with Crippen molar-refractivity contribution in [1.29, 1.82) is 0 Å². The number of ether oxygens (including phenoxy) is 1. The van der Waals surface area contributed by atoms with Gasteiger partial charge in [0, 0.05) is 18.6 Å². The summed E-state index contributed by atoms with van der Waals surface area (Å²) >= 11 is 0. The smallest absolute Gasteiger partial charge is 0.329 e. The summed E-state index contributed by atoms with van der Waals surface area (Å²) in [4.78, 5) is 29.1. The van der Waals surface area contributed by atoms with Gasteiger partial charge in [-0.2, -0.15) is 0 Å². The van der Waals surface area contributed by atoms with Crippen molar-refractivity contribution in [2.45, 2.75) is 56.9 Å². The van der Waals surface area contributed by atoms with E-state index >= 15 is 4.39 Å². The molecule has 4 atom stereocenters. The summed E-state index contributed by atoms with van der Waals surface area (Å²) in [5.41, 5.74) is 2.16. The van der Waals surface area contributed by atoms with Crippen molar-refractivity contribution >= 4 is 11.3 Å². The van der Waals surface area contributed by atoms with Crippen LogP contribution in [0.25, 0.3) is 11.3 Å². The fraction of sp³-hybridized carbons (Fsp3) is 0.727. The van der Waals surface area contributed by atoms with E-state index in [4.69, 9.17) is 10.5 Å². The molecule has 1 aromatic heterocycles. The highest BCUT2D eigenvalue weighted by molar-refractivity contribution is 5.60. The zero-order valence-electron chi connectivity index (χ0n) is 19.0. The number of aromatic nitrogens is 2. The first-order valence-corrected chi connectivity index (χ1v) is 11.3. The second-order valence-electron chi connectivity index (χ2n) is 9.55. The molecule has 12 heteroatoms.